The van der Waals surface area contributed by atoms with Gasteiger partial charge in [0.25, 0.3) is 11.8 Å². The van der Waals surface area contributed by atoms with Crippen LogP contribution in [0.4, 0.5) is 23.2 Å². The van der Waals surface area contributed by atoms with Gasteiger partial charge in [-0.3, -0.25) is 14.7 Å². The average molecular weight is 587 g/mol. The van der Waals surface area contributed by atoms with Crippen LogP contribution in [0.2, 0.25) is 0 Å². The van der Waals surface area contributed by atoms with E-state index in [1.54, 1.807) is 12.1 Å². The Morgan fingerprint density at radius 2 is 1.74 bits per heavy atom. The van der Waals surface area contributed by atoms with Crippen molar-refractivity contribution in [1.82, 2.24) is 25.0 Å². The number of carbonyl (C=O) groups excluding carboxylic acids is 1. The maximum atomic E-state index is 16.1. The van der Waals surface area contributed by atoms with Crippen LogP contribution in [0.1, 0.15) is 63.0 Å². The van der Waals surface area contributed by atoms with Crippen molar-refractivity contribution >= 4 is 11.6 Å². The van der Waals surface area contributed by atoms with Crippen molar-refractivity contribution in [3.8, 4) is 11.5 Å². The summed E-state index contributed by atoms with van der Waals surface area (Å²) >= 11 is 0. The molecule has 3 aromatic rings. The van der Waals surface area contributed by atoms with Crippen molar-refractivity contribution in [2.24, 2.45) is 0 Å². The zero-order valence-corrected chi connectivity index (χ0v) is 23.3. The van der Waals surface area contributed by atoms with E-state index in [4.69, 9.17) is 4.42 Å². The summed E-state index contributed by atoms with van der Waals surface area (Å²) in [6, 6.07) is 9.48. The van der Waals surface area contributed by atoms with E-state index in [9.17, 15) is 18.0 Å². The Kier molecular flexibility index (Phi) is 8.26. The molecule has 1 saturated carbocycles. The van der Waals surface area contributed by atoms with E-state index in [2.05, 4.69) is 25.0 Å². The van der Waals surface area contributed by atoms with Crippen LogP contribution in [0.5, 0.6) is 0 Å². The number of pyridine rings is 1. The lowest BCUT2D eigenvalue weighted by molar-refractivity contribution is -0.146. The molecule has 12 heteroatoms. The van der Waals surface area contributed by atoms with Crippen molar-refractivity contribution in [2.75, 3.05) is 31.1 Å². The van der Waals surface area contributed by atoms with Crippen LogP contribution in [0, 0.1) is 5.82 Å². The van der Waals surface area contributed by atoms with Gasteiger partial charge < -0.3 is 14.2 Å². The highest BCUT2D eigenvalue weighted by Crippen LogP contribution is 2.36. The molecule has 0 unspecified atom stereocenters. The highest BCUT2D eigenvalue weighted by molar-refractivity contribution is 6.00. The van der Waals surface area contributed by atoms with Gasteiger partial charge in [0.2, 0.25) is 11.6 Å². The van der Waals surface area contributed by atoms with E-state index < -0.39 is 29.7 Å². The lowest BCUT2D eigenvalue weighted by Crippen LogP contribution is -2.69. The number of hydrogen-bond donors (Lipinski definition) is 0. The Morgan fingerprint density at radius 1 is 1.00 bits per heavy atom. The molecule has 42 heavy (non-hydrogen) atoms. The van der Waals surface area contributed by atoms with E-state index in [0.29, 0.717) is 17.3 Å². The largest absolute Gasteiger partial charge is 0.415 e. The minimum atomic E-state index is -2.89. The van der Waals surface area contributed by atoms with Crippen LogP contribution in [-0.4, -0.2) is 74.8 Å². The number of anilines is 1. The van der Waals surface area contributed by atoms with E-state index in [-0.39, 0.29) is 37.3 Å². The number of nitrogens with zero attached hydrogens (tertiary/aromatic N) is 6. The van der Waals surface area contributed by atoms with Gasteiger partial charge in [0, 0.05) is 37.1 Å². The highest BCUT2D eigenvalue weighted by atomic mass is 19.3. The number of benzene rings is 1. The third-order valence-corrected chi connectivity index (χ3v) is 8.78. The van der Waals surface area contributed by atoms with Crippen molar-refractivity contribution in [1.29, 1.82) is 0 Å². The van der Waals surface area contributed by atoms with Gasteiger partial charge in [-0.25, -0.2) is 8.78 Å². The third kappa shape index (κ3) is 6.05. The lowest BCUT2D eigenvalue weighted by atomic mass is 9.88. The normalized spacial score (nSPS) is 20.5. The topological polar surface area (TPSA) is 78.6 Å². The van der Waals surface area contributed by atoms with Crippen molar-refractivity contribution < 1.29 is 26.8 Å². The highest BCUT2D eigenvalue weighted by Gasteiger charge is 2.54. The first-order valence-electron chi connectivity index (χ1n) is 14.6. The first kappa shape index (κ1) is 28.7. The van der Waals surface area contributed by atoms with Crippen LogP contribution >= 0.6 is 0 Å². The number of halogens is 4. The number of amides is 1. The maximum Gasteiger partial charge on any atom is 0.314 e. The predicted molar refractivity (Wildman–Crippen MR) is 147 cm³/mol. The first-order valence-corrected chi connectivity index (χ1v) is 14.6. The van der Waals surface area contributed by atoms with Gasteiger partial charge in [-0.2, -0.15) is 8.78 Å². The Bertz CT molecular complexity index is 1370. The molecule has 2 saturated heterocycles. The van der Waals surface area contributed by atoms with Gasteiger partial charge in [0.1, 0.15) is 5.82 Å². The summed E-state index contributed by atoms with van der Waals surface area (Å²) < 4.78 is 60.8. The SMILES string of the molecule is O=C(N(Cc1ccc(-c2nnc(C(F)F)o2)cn1)c1cccc(F)c1)C1(F)CN(C2CCN(C3CCCCC3)CC2)C1. The van der Waals surface area contributed by atoms with Crippen LogP contribution in [0.3, 0.4) is 0 Å². The molecule has 1 aliphatic carbocycles. The van der Waals surface area contributed by atoms with E-state index in [1.807, 2.05) is 0 Å². The van der Waals surface area contributed by atoms with Gasteiger partial charge in [-0.1, -0.05) is 25.3 Å². The molecular weight excluding hydrogens is 552 g/mol. The number of rotatable bonds is 8. The second-order valence-corrected chi connectivity index (χ2v) is 11.6. The standard InChI is InChI=1S/C30H34F4N6O2/c31-21-5-4-8-25(15-21)40(17-22-10-9-20(16-35-22)27-36-37-28(42-27)26(32)33)29(41)30(34)18-39(19-30)24-11-13-38(14-12-24)23-6-2-1-3-7-23/h4-5,8-10,15-16,23-24,26H,1-3,6-7,11-14,17-19H2. The van der Waals surface area contributed by atoms with Crippen LogP contribution < -0.4 is 4.90 Å². The number of likely N-dealkylation sites (tertiary alicyclic amines) is 2. The number of piperidine rings is 1. The molecule has 1 aromatic carbocycles. The molecule has 0 atom stereocenters. The quantitative estimate of drug-likeness (QED) is 0.320. The molecule has 0 radical (unpaired) electrons. The average Bonchev–Trinajstić information content (AvgIpc) is 3.50. The van der Waals surface area contributed by atoms with Gasteiger partial charge in [-0.05, 0) is 69.1 Å². The van der Waals surface area contributed by atoms with E-state index in [0.717, 1.165) is 25.9 Å². The summed E-state index contributed by atoms with van der Waals surface area (Å²) in [5.74, 6) is -2.21. The molecule has 1 amide bonds. The molecule has 224 valence electrons. The zero-order valence-electron chi connectivity index (χ0n) is 23.3. The molecule has 0 N–H and O–H groups in total. The molecule has 0 bridgehead atoms. The van der Waals surface area contributed by atoms with E-state index >= 15 is 4.39 Å². The fraction of sp³-hybridized carbons (Fsp3) is 0.533. The number of carbonyl (C=O) groups is 1. The van der Waals surface area contributed by atoms with Crippen molar-refractivity contribution in [2.45, 2.75) is 75.7 Å². The molecule has 2 aromatic heterocycles. The lowest BCUT2D eigenvalue weighted by Gasteiger charge is -2.51. The molecule has 2 aliphatic heterocycles. The second kappa shape index (κ2) is 12.1. The molecule has 4 heterocycles. The Hall–Kier alpha value is -3.38. The van der Waals surface area contributed by atoms with Crippen LogP contribution in [-0.2, 0) is 11.3 Å². The monoisotopic (exact) mass is 586 g/mol. The molecule has 3 aliphatic rings. The van der Waals surface area contributed by atoms with Gasteiger partial charge in [0.15, 0.2) is 0 Å². The maximum absolute atomic E-state index is 16.1. The summed E-state index contributed by atoms with van der Waals surface area (Å²) in [5.41, 5.74) is -1.17. The zero-order chi connectivity index (χ0) is 29.3. The van der Waals surface area contributed by atoms with E-state index in [1.165, 1.54) is 67.5 Å². The molecule has 3 fully saturated rings. The first-order chi connectivity index (χ1) is 20.3. The fourth-order valence-electron chi connectivity index (χ4n) is 6.47. The summed E-state index contributed by atoms with van der Waals surface area (Å²) in [6.07, 6.45) is 6.83. The minimum absolute atomic E-state index is 0.00173. The Labute approximate surface area is 241 Å². The summed E-state index contributed by atoms with van der Waals surface area (Å²) in [5, 5.41) is 6.92. The summed E-state index contributed by atoms with van der Waals surface area (Å²) in [7, 11) is 0. The summed E-state index contributed by atoms with van der Waals surface area (Å²) in [4.78, 5) is 23.8. The second-order valence-electron chi connectivity index (χ2n) is 11.6. The predicted octanol–water partition coefficient (Wildman–Crippen LogP) is 5.56. The van der Waals surface area contributed by atoms with Crippen LogP contribution in [0.25, 0.3) is 11.5 Å². The fourth-order valence-corrected chi connectivity index (χ4v) is 6.47. The smallest absolute Gasteiger partial charge is 0.314 e. The molecule has 8 nitrogen and oxygen atoms in total. The van der Waals surface area contributed by atoms with Crippen molar-refractivity contribution in [3.63, 3.8) is 0 Å². The third-order valence-electron chi connectivity index (χ3n) is 8.78. The number of hydrogen-bond acceptors (Lipinski definition) is 7. The Morgan fingerprint density at radius 3 is 2.38 bits per heavy atom. The minimum Gasteiger partial charge on any atom is -0.415 e. The number of aromatic nitrogens is 3. The molecular formula is C30H34F4N6O2. The van der Waals surface area contributed by atoms with Gasteiger partial charge in [-0.15, -0.1) is 10.2 Å². The number of alkyl halides is 3. The molecule has 0 spiro atoms. The molecule has 6 rings (SSSR count). The van der Waals surface area contributed by atoms with Crippen LogP contribution in [0.15, 0.2) is 47.0 Å². The van der Waals surface area contributed by atoms with Gasteiger partial charge >= 0.3 is 6.43 Å². The van der Waals surface area contributed by atoms with Crippen molar-refractivity contribution in [3.05, 3.63) is 60.0 Å². The summed E-state index contributed by atoms with van der Waals surface area (Å²) in [6.45, 7) is 1.90. The Balaban J connectivity index is 1.12. The van der Waals surface area contributed by atoms with Gasteiger partial charge in [0.05, 0.1) is 17.8 Å².